The van der Waals surface area contributed by atoms with Crippen LogP contribution in [-0.4, -0.2) is 35.8 Å². The molecule has 0 saturated carbocycles. The van der Waals surface area contributed by atoms with Gasteiger partial charge < -0.3 is 9.47 Å². The lowest BCUT2D eigenvalue weighted by molar-refractivity contribution is -0.156. The Morgan fingerprint density at radius 2 is 1.78 bits per heavy atom. The van der Waals surface area contributed by atoms with E-state index in [1.54, 1.807) is 45.0 Å². The highest BCUT2D eigenvalue weighted by Crippen LogP contribution is 2.35. The second-order valence-electron chi connectivity index (χ2n) is 6.69. The van der Waals surface area contributed by atoms with Crippen molar-refractivity contribution in [2.45, 2.75) is 38.9 Å². The number of ketones is 2. The Balaban J connectivity index is 1.87. The third-order valence-electron chi connectivity index (χ3n) is 3.78. The number of carbonyl (C=O) groups excluding carboxylic acids is 3. The predicted molar refractivity (Wildman–Crippen MR) is 82.3 cm³/mol. The number of rotatable bonds is 2. The van der Waals surface area contributed by atoms with Crippen molar-refractivity contribution in [2.75, 3.05) is 6.61 Å². The Labute approximate surface area is 134 Å². The van der Waals surface area contributed by atoms with E-state index < -0.39 is 17.7 Å². The number of Topliss-reactive ketones (excluding diaryl/α,β-unsaturated/α-hetero) is 2. The first-order chi connectivity index (χ1) is 10.8. The molecule has 2 aliphatic rings. The molecule has 0 radical (unpaired) electrons. The van der Waals surface area contributed by atoms with Crippen LogP contribution in [0, 0.1) is 0 Å². The SMILES string of the molecule is CC(C)(C)OC(=O)CC1OCC2=C1C(=O)c1ccccc1C2=O. The lowest BCUT2D eigenvalue weighted by Gasteiger charge is -2.22. The summed E-state index contributed by atoms with van der Waals surface area (Å²) in [5.74, 6) is -0.876. The minimum Gasteiger partial charge on any atom is -0.460 e. The van der Waals surface area contributed by atoms with E-state index in [9.17, 15) is 14.4 Å². The summed E-state index contributed by atoms with van der Waals surface area (Å²) in [7, 11) is 0. The van der Waals surface area contributed by atoms with Gasteiger partial charge in [-0.2, -0.15) is 0 Å². The monoisotopic (exact) mass is 314 g/mol. The quantitative estimate of drug-likeness (QED) is 0.784. The van der Waals surface area contributed by atoms with Crippen LogP contribution in [0.1, 0.15) is 47.9 Å². The van der Waals surface area contributed by atoms with Crippen LogP contribution in [0.3, 0.4) is 0 Å². The van der Waals surface area contributed by atoms with Crippen molar-refractivity contribution in [1.29, 1.82) is 0 Å². The summed E-state index contributed by atoms with van der Waals surface area (Å²) in [6.07, 6.45) is -0.790. The molecule has 0 bridgehead atoms. The van der Waals surface area contributed by atoms with Gasteiger partial charge in [0.2, 0.25) is 0 Å². The second kappa shape index (κ2) is 5.42. The normalized spacial score (nSPS) is 20.4. The first-order valence-corrected chi connectivity index (χ1v) is 7.53. The Hall–Kier alpha value is -2.27. The number of fused-ring (bicyclic) bond motifs is 1. The van der Waals surface area contributed by atoms with Gasteiger partial charge in [-0.1, -0.05) is 24.3 Å². The molecule has 23 heavy (non-hydrogen) atoms. The van der Waals surface area contributed by atoms with Crippen molar-refractivity contribution in [2.24, 2.45) is 0 Å². The van der Waals surface area contributed by atoms with Crippen molar-refractivity contribution < 1.29 is 23.9 Å². The molecule has 3 rings (SSSR count). The standard InChI is InChI=1S/C18H18O5/c1-18(2,3)23-14(19)8-13-15-12(9-22-13)16(20)10-6-4-5-7-11(10)17(15)21/h4-7,13H,8-9H2,1-3H3. The maximum Gasteiger partial charge on any atom is 0.309 e. The zero-order chi connectivity index (χ0) is 16.8. The first-order valence-electron chi connectivity index (χ1n) is 7.53. The molecule has 0 aromatic heterocycles. The lowest BCUT2D eigenvalue weighted by Crippen LogP contribution is -2.29. The number of hydrogen-bond donors (Lipinski definition) is 0. The van der Waals surface area contributed by atoms with Gasteiger partial charge >= 0.3 is 5.97 Å². The van der Waals surface area contributed by atoms with Gasteiger partial charge in [-0.05, 0) is 20.8 Å². The summed E-state index contributed by atoms with van der Waals surface area (Å²) in [5.41, 5.74) is 0.835. The largest absolute Gasteiger partial charge is 0.460 e. The molecule has 1 atom stereocenters. The number of ether oxygens (including phenoxy) is 2. The molecule has 1 unspecified atom stereocenters. The van der Waals surface area contributed by atoms with Gasteiger partial charge in [0.25, 0.3) is 0 Å². The molecule has 1 aliphatic heterocycles. The molecule has 0 amide bonds. The molecule has 0 spiro atoms. The number of hydrogen-bond acceptors (Lipinski definition) is 5. The van der Waals surface area contributed by atoms with E-state index in [1.165, 1.54) is 0 Å². The fourth-order valence-electron chi connectivity index (χ4n) is 2.89. The van der Waals surface area contributed by atoms with E-state index in [4.69, 9.17) is 9.47 Å². The van der Waals surface area contributed by atoms with E-state index in [0.29, 0.717) is 22.3 Å². The molecule has 120 valence electrons. The van der Waals surface area contributed by atoms with E-state index >= 15 is 0 Å². The van der Waals surface area contributed by atoms with Crippen LogP contribution in [0.4, 0.5) is 0 Å². The molecule has 0 fully saturated rings. The van der Waals surface area contributed by atoms with Crippen molar-refractivity contribution in [3.05, 3.63) is 46.5 Å². The van der Waals surface area contributed by atoms with Crippen LogP contribution in [0.5, 0.6) is 0 Å². The van der Waals surface area contributed by atoms with Crippen LogP contribution in [0.2, 0.25) is 0 Å². The van der Waals surface area contributed by atoms with Crippen LogP contribution >= 0.6 is 0 Å². The fraction of sp³-hybridized carbons (Fsp3) is 0.389. The second-order valence-corrected chi connectivity index (χ2v) is 6.69. The lowest BCUT2D eigenvalue weighted by atomic mass is 9.83. The third kappa shape index (κ3) is 2.84. The Morgan fingerprint density at radius 3 is 2.39 bits per heavy atom. The van der Waals surface area contributed by atoms with E-state index in [2.05, 4.69) is 0 Å². The zero-order valence-electron chi connectivity index (χ0n) is 13.3. The molecule has 5 nitrogen and oxygen atoms in total. The summed E-state index contributed by atoms with van der Waals surface area (Å²) in [5, 5.41) is 0. The molecule has 1 aromatic rings. The van der Waals surface area contributed by atoms with Crippen molar-refractivity contribution >= 4 is 17.5 Å². The first kappa shape index (κ1) is 15.6. The summed E-state index contributed by atoms with van der Waals surface area (Å²) in [6.45, 7) is 5.38. The molecule has 0 saturated heterocycles. The van der Waals surface area contributed by atoms with E-state index in [0.717, 1.165) is 0 Å². The van der Waals surface area contributed by atoms with Crippen molar-refractivity contribution in [3.63, 3.8) is 0 Å². The highest BCUT2D eigenvalue weighted by Gasteiger charge is 2.41. The molecule has 5 heteroatoms. The molecule has 1 aliphatic carbocycles. The highest BCUT2D eigenvalue weighted by molar-refractivity contribution is 6.27. The minimum atomic E-state index is -0.718. The van der Waals surface area contributed by atoms with Crippen LogP contribution in [0.25, 0.3) is 0 Å². The summed E-state index contributed by atoms with van der Waals surface area (Å²) in [6, 6.07) is 6.71. The van der Waals surface area contributed by atoms with E-state index in [1.807, 2.05) is 0 Å². The summed E-state index contributed by atoms with van der Waals surface area (Å²) >= 11 is 0. The van der Waals surface area contributed by atoms with Crippen LogP contribution in [-0.2, 0) is 14.3 Å². The van der Waals surface area contributed by atoms with Crippen LogP contribution in [0.15, 0.2) is 35.4 Å². The Morgan fingerprint density at radius 1 is 1.17 bits per heavy atom. The predicted octanol–water partition coefficient (Wildman–Crippen LogP) is 2.49. The Bertz CT molecular complexity index is 736. The van der Waals surface area contributed by atoms with Gasteiger partial charge in [0, 0.05) is 22.3 Å². The molecular weight excluding hydrogens is 296 g/mol. The average molecular weight is 314 g/mol. The molecule has 1 heterocycles. The summed E-state index contributed by atoms with van der Waals surface area (Å²) in [4.78, 5) is 37.2. The van der Waals surface area contributed by atoms with E-state index in [-0.39, 0.29) is 24.6 Å². The Kier molecular flexibility index (Phi) is 3.68. The summed E-state index contributed by atoms with van der Waals surface area (Å²) < 4.78 is 10.8. The third-order valence-corrected chi connectivity index (χ3v) is 3.78. The average Bonchev–Trinajstić information content (AvgIpc) is 2.87. The maximum absolute atomic E-state index is 12.7. The maximum atomic E-state index is 12.7. The van der Waals surface area contributed by atoms with Gasteiger partial charge in [-0.3, -0.25) is 14.4 Å². The molecule has 1 aromatic carbocycles. The van der Waals surface area contributed by atoms with Crippen molar-refractivity contribution in [1.82, 2.24) is 0 Å². The van der Waals surface area contributed by atoms with Gasteiger partial charge in [-0.25, -0.2) is 0 Å². The van der Waals surface area contributed by atoms with Gasteiger partial charge in [0.15, 0.2) is 11.6 Å². The van der Waals surface area contributed by atoms with Gasteiger partial charge in [0.1, 0.15) is 5.60 Å². The van der Waals surface area contributed by atoms with Gasteiger partial charge in [-0.15, -0.1) is 0 Å². The molecular formula is C18H18O5. The highest BCUT2D eigenvalue weighted by atomic mass is 16.6. The van der Waals surface area contributed by atoms with Gasteiger partial charge in [0.05, 0.1) is 19.1 Å². The van der Waals surface area contributed by atoms with Crippen LogP contribution < -0.4 is 0 Å². The number of carbonyl (C=O) groups is 3. The molecule has 0 N–H and O–H groups in total. The zero-order valence-corrected chi connectivity index (χ0v) is 13.3. The number of esters is 1. The topological polar surface area (TPSA) is 69.7 Å². The number of benzene rings is 1. The minimum absolute atomic E-state index is 0.0572. The van der Waals surface area contributed by atoms with Crippen molar-refractivity contribution in [3.8, 4) is 0 Å². The smallest absolute Gasteiger partial charge is 0.309 e. The fourth-order valence-corrected chi connectivity index (χ4v) is 2.89.